The lowest BCUT2D eigenvalue weighted by Crippen LogP contribution is -2.24. The number of unbranched alkanes of at least 4 members (excludes halogenated alkanes) is 2. The molecule has 1 aromatic carbocycles. The van der Waals surface area contributed by atoms with Gasteiger partial charge >= 0.3 is 5.97 Å². The predicted octanol–water partition coefficient (Wildman–Crippen LogP) is 8.30. The van der Waals surface area contributed by atoms with Gasteiger partial charge in [0.2, 0.25) is 0 Å². The van der Waals surface area contributed by atoms with Gasteiger partial charge in [-0.15, -0.1) is 0 Å². The Balaban J connectivity index is 1.47. The highest BCUT2D eigenvalue weighted by Crippen LogP contribution is 2.41. The molecule has 0 radical (unpaired) electrons. The van der Waals surface area contributed by atoms with E-state index in [4.69, 9.17) is 4.74 Å². The van der Waals surface area contributed by atoms with Crippen LogP contribution < -0.4 is 0 Å². The van der Waals surface area contributed by atoms with E-state index in [-0.39, 0.29) is 12.1 Å². The van der Waals surface area contributed by atoms with Crippen molar-refractivity contribution in [3.05, 3.63) is 35.4 Å². The standard InChI is InChI=1S/C28H44O2/c1-4-6-8-22-10-17-26(18-11-22)30-28(29)25-15-13-24(14-16-25)27-19-12-23(9-7-5-2)20-21(27)3/h13-16,21-23,26-27H,4-12,17-20H2,1-3H3/t21?,22-,23?,26-,27?. The van der Waals surface area contributed by atoms with E-state index in [2.05, 4.69) is 32.9 Å². The molecule has 0 heterocycles. The molecular formula is C28H44O2. The number of carbonyl (C=O) groups is 1. The zero-order valence-corrected chi connectivity index (χ0v) is 19.7. The molecule has 2 saturated carbocycles. The molecule has 2 nitrogen and oxygen atoms in total. The number of hydrogen-bond acceptors (Lipinski definition) is 2. The van der Waals surface area contributed by atoms with E-state index >= 15 is 0 Å². The number of benzene rings is 1. The molecule has 2 aliphatic carbocycles. The molecule has 3 unspecified atom stereocenters. The molecule has 0 N–H and O–H groups in total. The van der Waals surface area contributed by atoms with Crippen molar-refractivity contribution in [1.82, 2.24) is 0 Å². The number of ether oxygens (including phenoxy) is 1. The number of esters is 1. The van der Waals surface area contributed by atoms with E-state index in [1.165, 1.54) is 76.2 Å². The van der Waals surface area contributed by atoms with Gasteiger partial charge in [-0.3, -0.25) is 0 Å². The smallest absolute Gasteiger partial charge is 0.338 e. The normalized spacial score (nSPS) is 29.5. The monoisotopic (exact) mass is 412 g/mol. The second-order valence-corrected chi connectivity index (χ2v) is 10.2. The van der Waals surface area contributed by atoms with Crippen molar-refractivity contribution >= 4 is 5.97 Å². The maximum atomic E-state index is 12.6. The average Bonchev–Trinajstić information content (AvgIpc) is 2.77. The van der Waals surface area contributed by atoms with Gasteiger partial charge in [0.1, 0.15) is 6.10 Å². The second-order valence-electron chi connectivity index (χ2n) is 10.2. The van der Waals surface area contributed by atoms with E-state index in [9.17, 15) is 4.79 Å². The molecule has 3 rings (SSSR count). The first-order valence-electron chi connectivity index (χ1n) is 12.9. The van der Waals surface area contributed by atoms with Crippen molar-refractivity contribution in [2.75, 3.05) is 0 Å². The maximum Gasteiger partial charge on any atom is 0.338 e. The molecular weight excluding hydrogens is 368 g/mol. The zero-order valence-electron chi connectivity index (χ0n) is 19.7. The van der Waals surface area contributed by atoms with Crippen LogP contribution in [0.25, 0.3) is 0 Å². The minimum absolute atomic E-state index is 0.119. The third kappa shape index (κ3) is 6.59. The number of carbonyl (C=O) groups excluding carboxylic acids is 1. The van der Waals surface area contributed by atoms with E-state index < -0.39 is 0 Å². The van der Waals surface area contributed by atoms with Gasteiger partial charge < -0.3 is 4.74 Å². The summed E-state index contributed by atoms with van der Waals surface area (Å²) in [4.78, 5) is 12.6. The highest BCUT2D eigenvalue weighted by atomic mass is 16.5. The first kappa shape index (κ1) is 23.4. The third-order valence-electron chi connectivity index (χ3n) is 7.85. The van der Waals surface area contributed by atoms with Gasteiger partial charge in [0.15, 0.2) is 0 Å². The summed E-state index contributed by atoms with van der Waals surface area (Å²) >= 11 is 0. The van der Waals surface area contributed by atoms with Crippen LogP contribution in [-0.2, 0) is 4.74 Å². The fourth-order valence-electron chi connectivity index (χ4n) is 5.87. The van der Waals surface area contributed by atoms with Crippen LogP contribution in [0, 0.1) is 17.8 Å². The SMILES string of the molecule is CCCCC1CCC(c2ccc(C(=O)O[C@H]3CC[C@H](CCCC)CC3)cc2)C(C)C1. The van der Waals surface area contributed by atoms with E-state index in [1.807, 2.05) is 12.1 Å². The van der Waals surface area contributed by atoms with Gasteiger partial charge in [0.25, 0.3) is 0 Å². The van der Waals surface area contributed by atoms with Crippen LogP contribution in [0.15, 0.2) is 24.3 Å². The maximum absolute atomic E-state index is 12.6. The molecule has 0 amide bonds. The highest BCUT2D eigenvalue weighted by Gasteiger charge is 2.29. The van der Waals surface area contributed by atoms with Crippen molar-refractivity contribution in [3.8, 4) is 0 Å². The fraction of sp³-hybridized carbons (Fsp3) is 0.750. The van der Waals surface area contributed by atoms with E-state index in [0.29, 0.717) is 5.92 Å². The quantitative estimate of drug-likeness (QED) is 0.381. The summed E-state index contributed by atoms with van der Waals surface area (Å²) in [6.07, 6.45) is 16.7. The third-order valence-corrected chi connectivity index (χ3v) is 7.85. The molecule has 2 heteroatoms. The van der Waals surface area contributed by atoms with Crippen molar-refractivity contribution in [3.63, 3.8) is 0 Å². The molecule has 0 spiro atoms. The van der Waals surface area contributed by atoms with Crippen LogP contribution in [0.2, 0.25) is 0 Å². The Kier molecular flexibility index (Phi) is 9.27. The molecule has 0 saturated heterocycles. The molecule has 2 fully saturated rings. The Morgan fingerprint density at radius 2 is 1.47 bits per heavy atom. The summed E-state index contributed by atoms with van der Waals surface area (Å²) in [5.41, 5.74) is 2.13. The lowest BCUT2D eigenvalue weighted by molar-refractivity contribution is 0.0161. The van der Waals surface area contributed by atoms with Gasteiger partial charge in [-0.05, 0) is 86.3 Å². The Hall–Kier alpha value is -1.31. The summed E-state index contributed by atoms with van der Waals surface area (Å²) < 4.78 is 5.85. The number of rotatable bonds is 9. The topological polar surface area (TPSA) is 26.3 Å². The van der Waals surface area contributed by atoms with Gasteiger partial charge in [-0.25, -0.2) is 4.79 Å². The summed E-state index contributed by atoms with van der Waals surface area (Å²) in [6, 6.07) is 8.37. The first-order valence-corrected chi connectivity index (χ1v) is 12.9. The highest BCUT2D eigenvalue weighted by molar-refractivity contribution is 5.89. The van der Waals surface area contributed by atoms with Crippen LogP contribution in [0.4, 0.5) is 0 Å². The molecule has 30 heavy (non-hydrogen) atoms. The zero-order chi connectivity index (χ0) is 21.3. The van der Waals surface area contributed by atoms with Crippen LogP contribution in [0.3, 0.4) is 0 Å². The minimum Gasteiger partial charge on any atom is -0.459 e. The van der Waals surface area contributed by atoms with E-state index in [1.54, 1.807) is 0 Å². The van der Waals surface area contributed by atoms with Gasteiger partial charge in [0, 0.05) is 0 Å². The molecule has 0 aliphatic heterocycles. The van der Waals surface area contributed by atoms with Gasteiger partial charge in [0.05, 0.1) is 5.56 Å². The predicted molar refractivity (Wildman–Crippen MR) is 126 cm³/mol. The van der Waals surface area contributed by atoms with Crippen LogP contribution in [0.5, 0.6) is 0 Å². The molecule has 3 atom stereocenters. The first-order chi connectivity index (χ1) is 14.6. The Labute approximate surface area is 185 Å². The minimum atomic E-state index is -0.130. The van der Waals surface area contributed by atoms with Crippen molar-refractivity contribution in [2.24, 2.45) is 17.8 Å². The Morgan fingerprint density at radius 1 is 0.867 bits per heavy atom. The van der Waals surface area contributed by atoms with Crippen molar-refractivity contribution in [1.29, 1.82) is 0 Å². The van der Waals surface area contributed by atoms with Crippen LogP contribution >= 0.6 is 0 Å². The van der Waals surface area contributed by atoms with Crippen LogP contribution in [-0.4, -0.2) is 12.1 Å². The Bertz CT molecular complexity index is 627. The number of hydrogen-bond donors (Lipinski definition) is 0. The Morgan fingerprint density at radius 3 is 2.07 bits per heavy atom. The second kappa shape index (κ2) is 11.9. The average molecular weight is 413 g/mol. The van der Waals surface area contributed by atoms with Gasteiger partial charge in [-0.2, -0.15) is 0 Å². The summed E-state index contributed by atoms with van der Waals surface area (Å²) in [6.45, 7) is 6.97. The van der Waals surface area contributed by atoms with Crippen molar-refractivity contribution < 1.29 is 9.53 Å². The largest absolute Gasteiger partial charge is 0.459 e. The summed E-state index contributed by atoms with van der Waals surface area (Å²) in [5, 5.41) is 0. The summed E-state index contributed by atoms with van der Waals surface area (Å²) in [5.74, 6) is 3.02. The van der Waals surface area contributed by atoms with Crippen molar-refractivity contribution in [2.45, 2.75) is 116 Å². The fourth-order valence-corrected chi connectivity index (χ4v) is 5.87. The molecule has 0 bridgehead atoms. The molecule has 2 aliphatic rings. The molecule has 0 aromatic heterocycles. The lowest BCUT2D eigenvalue weighted by Gasteiger charge is -2.34. The van der Waals surface area contributed by atoms with Crippen LogP contribution in [0.1, 0.15) is 126 Å². The lowest BCUT2D eigenvalue weighted by atomic mass is 9.71. The van der Waals surface area contributed by atoms with E-state index in [0.717, 1.165) is 36.2 Å². The molecule has 1 aromatic rings. The van der Waals surface area contributed by atoms with Gasteiger partial charge in [-0.1, -0.05) is 71.4 Å². The summed E-state index contributed by atoms with van der Waals surface area (Å²) in [7, 11) is 0. The molecule has 168 valence electrons.